The Morgan fingerprint density at radius 2 is 2.43 bits per heavy atom. The highest BCUT2D eigenvalue weighted by molar-refractivity contribution is 7.14. The molecular weight excluding hydrogens is 198 g/mol. The minimum Gasteiger partial charge on any atom is -0.398 e. The summed E-state index contributed by atoms with van der Waals surface area (Å²) >= 11 is 1.40. The van der Waals surface area contributed by atoms with Gasteiger partial charge in [0, 0.05) is 16.8 Å². The summed E-state index contributed by atoms with van der Waals surface area (Å²) in [6.45, 7) is 1.89. The van der Waals surface area contributed by atoms with Crippen LogP contribution in [0.1, 0.15) is 20.1 Å². The summed E-state index contributed by atoms with van der Waals surface area (Å²) in [5.41, 5.74) is 6.90. The van der Waals surface area contributed by atoms with E-state index in [4.69, 9.17) is 5.73 Å². The first-order chi connectivity index (χ1) is 6.68. The predicted molar refractivity (Wildman–Crippen MR) is 55.5 cm³/mol. The molecule has 0 aliphatic carbocycles. The number of aromatic nitrogens is 2. The summed E-state index contributed by atoms with van der Waals surface area (Å²) in [7, 11) is 0. The van der Waals surface area contributed by atoms with Crippen LogP contribution in [0.15, 0.2) is 18.5 Å². The Kier molecular flexibility index (Phi) is 2.09. The normalized spacial score (nSPS) is 10.4. The molecule has 0 aromatic carbocycles. The van der Waals surface area contributed by atoms with Crippen molar-refractivity contribution in [2.75, 3.05) is 5.73 Å². The average Bonchev–Trinajstić information content (AvgIpc) is 2.76. The Labute approximate surface area is 84.8 Å². The van der Waals surface area contributed by atoms with E-state index in [1.54, 1.807) is 12.3 Å². The van der Waals surface area contributed by atoms with E-state index in [-0.39, 0.29) is 5.78 Å². The Bertz CT molecular complexity index is 439. The molecule has 3 N–H and O–H groups in total. The molecule has 2 aromatic rings. The topological polar surface area (TPSA) is 71.8 Å². The average molecular weight is 207 g/mol. The Morgan fingerprint density at radius 1 is 1.64 bits per heavy atom. The number of nitrogens with one attached hydrogen (secondary N) is 1. The van der Waals surface area contributed by atoms with Crippen molar-refractivity contribution in [1.29, 1.82) is 0 Å². The fourth-order valence-corrected chi connectivity index (χ4v) is 2.03. The van der Waals surface area contributed by atoms with Crippen molar-refractivity contribution in [3.8, 4) is 0 Å². The van der Waals surface area contributed by atoms with Gasteiger partial charge in [-0.1, -0.05) is 0 Å². The maximum atomic E-state index is 11.8. The largest absolute Gasteiger partial charge is 0.398 e. The van der Waals surface area contributed by atoms with Crippen LogP contribution in [-0.2, 0) is 0 Å². The number of carbonyl (C=O) groups is 1. The molecule has 2 heterocycles. The van der Waals surface area contributed by atoms with Gasteiger partial charge in [0.05, 0.1) is 16.6 Å². The van der Waals surface area contributed by atoms with Crippen molar-refractivity contribution < 1.29 is 4.79 Å². The third-order valence-electron chi connectivity index (χ3n) is 1.94. The number of carbonyl (C=O) groups excluding carboxylic acids is 1. The predicted octanol–water partition coefficient (Wildman–Crippen LogP) is 1.59. The Hall–Kier alpha value is -1.62. The number of nitrogens with zero attached hydrogens (tertiary/aromatic N) is 1. The lowest BCUT2D eigenvalue weighted by atomic mass is 10.2. The van der Waals surface area contributed by atoms with Crippen LogP contribution < -0.4 is 5.73 Å². The van der Waals surface area contributed by atoms with E-state index in [0.29, 0.717) is 16.1 Å². The number of aromatic amines is 1. The van der Waals surface area contributed by atoms with Crippen molar-refractivity contribution >= 4 is 22.8 Å². The van der Waals surface area contributed by atoms with Gasteiger partial charge in [0.1, 0.15) is 0 Å². The van der Waals surface area contributed by atoms with Crippen LogP contribution >= 0.6 is 11.3 Å². The van der Waals surface area contributed by atoms with Crippen molar-refractivity contribution in [2.45, 2.75) is 6.92 Å². The molecule has 0 bridgehead atoms. The van der Waals surface area contributed by atoms with Gasteiger partial charge in [0.25, 0.3) is 0 Å². The monoisotopic (exact) mass is 207 g/mol. The summed E-state index contributed by atoms with van der Waals surface area (Å²) in [6.07, 6.45) is 3.08. The molecular formula is C9H9N3OS. The molecule has 0 amide bonds. The minimum absolute atomic E-state index is 0.0384. The number of hydrogen-bond donors (Lipinski definition) is 2. The number of thiophene rings is 1. The van der Waals surface area contributed by atoms with Crippen LogP contribution in [0.5, 0.6) is 0 Å². The number of aryl methyl sites for hydroxylation is 1. The lowest BCUT2D eigenvalue weighted by Crippen LogP contribution is -1.95. The van der Waals surface area contributed by atoms with Crippen molar-refractivity contribution in [1.82, 2.24) is 10.2 Å². The van der Waals surface area contributed by atoms with E-state index in [2.05, 4.69) is 10.2 Å². The van der Waals surface area contributed by atoms with E-state index >= 15 is 0 Å². The molecule has 4 nitrogen and oxygen atoms in total. The standard InChI is InChI=1S/C9H9N3OS/c1-5-7(10)2-8(14-5)9(13)6-3-11-12-4-6/h2-4H,10H2,1H3,(H,11,12). The fourth-order valence-electron chi connectivity index (χ4n) is 1.13. The van der Waals surface area contributed by atoms with Crippen LogP contribution in [0.4, 0.5) is 5.69 Å². The van der Waals surface area contributed by atoms with Crippen molar-refractivity contribution in [3.63, 3.8) is 0 Å². The molecule has 0 aliphatic rings. The van der Waals surface area contributed by atoms with Gasteiger partial charge in [0.2, 0.25) is 5.78 Å². The maximum absolute atomic E-state index is 11.8. The van der Waals surface area contributed by atoms with Gasteiger partial charge >= 0.3 is 0 Å². The van der Waals surface area contributed by atoms with Gasteiger partial charge in [-0.3, -0.25) is 9.89 Å². The zero-order valence-electron chi connectivity index (χ0n) is 7.57. The molecule has 0 unspecified atom stereocenters. The summed E-state index contributed by atoms with van der Waals surface area (Å²) in [4.78, 5) is 13.4. The molecule has 0 saturated carbocycles. The highest BCUT2D eigenvalue weighted by Crippen LogP contribution is 2.25. The van der Waals surface area contributed by atoms with E-state index in [1.165, 1.54) is 17.5 Å². The number of hydrogen-bond acceptors (Lipinski definition) is 4. The molecule has 0 atom stereocenters. The van der Waals surface area contributed by atoms with E-state index < -0.39 is 0 Å². The number of H-pyrrole nitrogens is 1. The zero-order valence-corrected chi connectivity index (χ0v) is 8.39. The third kappa shape index (κ3) is 1.42. The van der Waals surface area contributed by atoms with Crippen molar-refractivity contribution in [3.05, 3.63) is 33.8 Å². The molecule has 5 heteroatoms. The second-order valence-electron chi connectivity index (χ2n) is 2.94. The van der Waals surface area contributed by atoms with Crippen molar-refractivity contribution in [2.24, 2.45) is 0 Å². The highest BCUT2D eigenvalue weighted by atomic mass is 32.1. The second kappa shape index (κ2) is 3.26. The molecule has 0 spiro atoms. The first-order valence-corrected chi connectivity index (χ1v) is 4.89. The number of nitrogen functional groups attached to an aromatic ring is 1. The van der Waals surface area contributed by atoms with Crippen LogP contribution in [0.2, 0.25) is 0 Å². The lowest BCUT2D eigenvalue weighted by molar-refractivity contribution is 0.104. The number of nitrogens with two attached hydrogens (primary N) is 1. The number of rotatable bonds is 2. The molecule has 14 heavy (non-hydrogen) atoms. The Balaban J connectivity index is 2.37. The molecule has 2 rings (SSSR count). The van der Waals surface area contributed by atoms with Gasteiger partial charge in [-0.25, -0.2) is 0 Å². The van der Waals surface area contributed by atoms with Crippen LogP contribution in [0.3, 0.4) is 0 Å². The summed E-state index contributed by atoms with van der Waals surface area (Å²) in [5.74, 6) is -0.0384. The molecule has 0 fully saturated rings. The zero-order chi connectivity index (χ0) is 10.1. The fraction of sp³-hybridized carbons (Fsp3) is 0.111. The lowest BCUT2D eigenvalue weighted by Gasteiger charge is -1.89. The SMILES string of the molecule is Cc1sc(C(=O)c2cn[nH]c2)cc1N. The Morgan fingerprint density at radius 3 is 2.93 bits per heavy atom. The third-order valence-corrected chi connectivity index (χ3v) is 3.01. The minimum atomic E-state index is -0.0384. The highest BCUT2D eigenvalue weighted by Gasteiger charge is 2.13. The molecule has 72 valence electrons. The second-order valence-corrected chi connectivity index (χ2v) is 4.19. The van der Waals surface area contributed by atoms with Crippen LogP contribution in [0, 0.1) is 6.92 Å². The van der Waals surface area contributed by atoms with Crippen LogP contribution in [-0.4, -0.2) is 16.0 Å². The summed E-state index contributed by atoms with van der Waals surface area (Å²) < 4.78 is 0. The van der Waals surface area contributed by atoms with E-state index in [1.807, 2.05) is 6.92 Å². The van der Waals surface area contributed by atoms with Gasteiger partial charge in [-0.15, -0.1) is 11.3 Å². The quantitative estimate of drug-likeness (QED) is 0.734. The van der Waals surface area contributed by atoms with Crippen LogP contribution in [0.25, 0.3) is 0 Å². The summed E-state index contributed by atoms with van der Waals surface area (Å²) in [6, 6.07) is 1.70. The van der Waals surface area contributed by atoms with E-state index in [9.17, 15) is 4.79 Å². The van der Waals surface area contributed by atoms with Gasteiger partial charge < -0.3 is 5.73 Å². The summed E-state index contributed by atoms with van der Waals surface area (Å²) in [5, 5.41) is 6.33. The van der Waals surface area contributed by atoms with Gasteiger partial charge in [0.15, 0.2) is 0 Å². The van der Waals surface area contributed by atoms with Gasteiger partial charge in [-0.05, 0) is 13.0 Å². The first-order valence-electron chi connectivity index (χ1n) is 4.08. The number of anilines is 1. The molecule has 0 saturated heterocycles. The van der Waals surface area contributed by atoms with E-state index in [0.717, 1.165) is 4.88 Å². The molecule has 0 radical (unpaired) electrons. The maximum Gasteiger partial charge on any atom is 0.206 e. The smallest absolute Gasteiger partial charge is 0.206 e. The van der Waals surface area contributed by atoms with Gasteiger partial charge in [-0.2, -0.15) is 5.10 Å². The first kappa shape index (κ1) is 8.96. The molecule has 2 aromatic heterocycles. The molecule has 0 aliphatic heterocycles. The number of ketones is 1.